The number of carbonyl (C=O) groups excluding carboxylic acids is 2. The third-order valence-electron chi connectivity index (χ3n) is 4.61. The van der Waals surface area contributed by atoms with E-state index in [1.54, 1.807) is 0 Å². The Morgan fingerprint density at radius 3 is 2.79 bits per heavy atom. The highest BCUT2D eigenvalue weighted by molar-refractivity contribution is 8.01. The highest BCUT2D eigenvalue weighted by Crippen LogP contribution is 2.41. The Kier molecular flexibility index (Phi) is 7.11. The average molecular weight is 549 g/mol. The molecule has 176 valence electrons. The molecule has 4 rings (SSSR count). The summed E-state index contributed by atoms with van der Waals surface area (Å²) in [5.41, 5.74) is 0.402. The average Bonchev–Trinajstić information content (AvgIpc) is 3.40. The Balaban J connectivity index is 1.41. The van der Waals surface area contributed by atoms with Crippen LogP contribution in [0.3, 0.4) is 0 Å². The molecule has 1 fully saturated rings. The number of nitrogens with zero attached hydrogens (tertiary/aromatic N) is 3. The van der Waals surface area contributed by atoms with Gasteiger partial charge in [0.2, 0.25) is 5.91 Å². The summed E-state index contributed by atoms with van der Waals surface area (Å²) in [4.78, 5) is 39.0. The predicted molar refractivity (Wildman–Crippen MR) is 124 cm³/mol. The van der Waals surface area contributed by atoms with Crippen LogP contribution in [0, 0.1) is 0 Å². The van der Waals surface area contributed by atoms with Gasteiger partial charge in [0, 0.05) is 16.4 Å². The zero-order chi connectivity index (χ0) is 23.8. The van der Waals surface area contributed by atoms with E-state index < -0.39 is 39.2 Å². The number of hydrogen-bond acceptors (Lipinski definition) is 11. The van der Waals surface area contributed by atoms with E-state index in [0.29, 0.717) is 15.7 Å². The zero-order valence-electron chi connectivity index (χ0n) is 16.5. The number of carboxylic acid groups (broad SMARTS) is 1. The quantitative estimate of drug-likeness (QED) is 0.233. The second-order valence-corrected chi connectivity index (χ2v) is 12.8. The van der Waals surface area contributed by atoms with Crippen molar-refractivity contribution in [3.63, 3.8) is 0 Å². The van der Waals surface area contributed by atoms with Crippen molar-refractivity contribution in [1.82, 2.24) is 20.4 Å². The summed E-state index contributed by atoms with van der Waals surface area (Å²) in [6.45, 7) is 0. The molecule has 2 aliphatic heterocycles. The molecule has 0 spiro atoms. The minimum Gasteiger partial charge on any atom is -0.477 e. The highest BCUT2D eigenvalue weighted by atomic mass is 32.2. The van der Waals surface area contributed by atoms with Crippen molar-refractivity contribution in [3.05, 3.63) is 38.7 Å². The summed E-state index contributed by atoms with van der Waals surface area (Å²) in [6, 6.07) is 2.88. The minimum atomic E-state index is -4.23. The van der Waals surface area contributed by atoms with Crippen LogP contribution >= 0.6 is 46.2 Å². The van der Waals surface area contributed by atoms with Crippen LogP contribution in [0.15, 0.2) is 33.1 Å². The summed E-state index contributed by atoms with van der Waals surface area (Å²) < 4.78 is 31.2. The van der Waals surface area contributed by atoms with E-state index in [2.05, 4.69) is 15.5 Å². The van der Waals surface area contributed by atoms with Crippen LogP contribution in [-0.4, -0.2) is 73.9 Å². The van der Waals surface area contributed by atoms with Crippen LogP contribution in [0.5, 0.6) is 0 Å². The van der Waals surface area contributed by atoms with E-state index in [9.17, 15) is 27.9 Å². The fourth-order valence-electron chi connectivity index (χ4n) is 3.25. The molecule has 0 aromatic carbocycles. The van der Waals surface area contributed by atoms with E-state index >= 15 is 0 Å². The van der Waals surface area contributed by atoms with E-state index in [4.69, 9.17) is 4.55 Å². The number of carboxylic acids is 1. The topological polar surface area (TPSA) is 167 Å². The van der Waals surface area contributed by atoms with Gasteiger partial charge in [-0.25, -0.2) is 4.79 Å². The third-order valence-corrected chi connectivity index (χ3v) is 9.79. The molecule has 0 bridgehead atoms. The van der Waals surface area contributed by atoms with E-state index in [1.165, 1.54) is 28.0 Å². The predicted octanol–water partition coefficient (Wildman–Crippen LogP) is 1.06. The number of hydrogen-bond donors (Lipinski definition) is 3. The van der Waals surface area contributed by atoms with Crippen LogP contribution < -0.4 is 5.32 Å². The molecule has 2 atom stereocenters. The maximum atomic E-state index is 12.7. The molecule has 3 N–H and O–H groups in total. The van der Waals surface area contributed by atoms with Gasteiger partial charge >= 0.3 is 5.97 Å². The van der Waals surface area contributed by atoms with Crippen LogP contribution in [0.1, 0.15) is 9.88 Å². The lowest BCUT2D eigenvalue weighted by Crippen LogP contribution is -2.70. The van der Waals surface area contributed by atoms with Crippen molar-refractivity contribution < 1.29 is 32.5 Å². The number of rotatable bonds is 9. The first-order valence-corrected chi connectivity index (χ1v) is 14.6. The van der Waals surface area contributed by atoms with E-state index in [1.807, 2.05) is 17.5 Å². The van der Waals surface area contributed by atoms with Gasteiger partial charge in [0.05, 0.1) is 6.42 Å². The molecule has 33 heavy (non-hydrogen) atoms. The number of nitrogens with one attached hydrogen (secondary N) is 1. The SMILES string of the molecule is O=C(Cc1cccs1)NC1C(=O)N2C(C(=O)O)=C(CSc3nnc(CS(=O)(=O)O)s3)CS[C@H]12. The lowest BCUT2D eigenvalue weighted by atomic mass is 10.0. The summed E-state index contributed by atoms with van der Waals surface area (Å²) >= 11 is 4.95. The molecule has 16 heteroatoms. The standard InChI is InChI=1S/C17H16N4O7S5/c22-10(4-9-2-1-3-29-9)18-12-14(23)21-13(16(24)25)8(5-30-15(12)21)6-31-17-20-19-11(32-17)7-33(26,27)28/h1-3,12,15H,4-7H2,(H,18,22)(H,24,25)(H,26,27,28)/t12?,15-/m1/s1. The largest absolute Gasteiger partial charge is 0.477 e. The lowest BCUT2D eigenvalue weighted by Gasteiger charge is -2.49. The molecule has 2 aromatic rings. The van der Waals surface area contributed by atoms with Gasteiger partial charge in [-0.3, -0.25) is 19.0 Å². The number of fused-ring (bicyclic) bond motifs is 1. The molecule has 2 amide bonds. The van der Waals surface area contributed by atoms with E-state index in [0.717, 1.165) is 28.0 Å². The molecular weight excluding hydrogens is 533 g/mol. The minimum absolute atomic E-state index is 0.109. The first-order chi connectivity index (χ1) is 15.6. The molecule has 4 heterocycles. The van der Waals surface area contributed by atoms with Gasteiger partial charge < -0.3 is 10.4 Å². The first-order valence-electron chi connectivity index (χ1n) is 9.24. The summed E-state index contributed by atoms with van der Waals surface area (Å²) in [7, 11) is -4.23. The monoisotopic (exact) mass is 548 g/mol. The van der Waals surface area contributed by atoms with Crippen molar-refractivity contribution in [2.45, 2.75) is 27.9 Å². The van der Waals surface area contributed by atoms with Crippen molar-refractivity contribution in [2.24, 2.45) is 0 Å². The van der Waals surface area contributed by atoms with Crippen LogP contribution in [-0.2, 0) is 36.7 Å². The first kappa shape index (κ1) is 24.2. The van der Waals surface area contributed by atoms with Gasteiger partial charge in [-0.1, -0.05) is 29.2 Å². The Hall–Kier alpha value is -1.98. The normalized spacial score (nSPS) is 20.4. The van der Waals surface area contributed by atoms with Crippen LogP contribution in [0.25, 0.3) is 0 Å². The second kappa shape index (κ2) is 9.71. The molecule has 0 aliphatic carbocycles. The van der Waals surface area contributed by atoms with Crippen LogP contribution in [0.4, 0.5) is 0 Å². The number of aliphatic carboxylic acids is 1. The second-order valence-electron chi connectivity index (χ2n) is 6.95. The third kappa shape index (κ3) is 5.58. The smallest absolute Gasteiger partial charge is 0.352 e. The van der Waals surface area contributed by atoms with Crippen molar-refractivity contribution in [2.75, 3.05) is 11.5 Å². The van der Waals surface area contributed by atoms with Crippen molar-refractivity contribution >= 4 is 74.1 Å². The number of thioether (sulfide) groups is 2. The van der Waals surface area contributed by atoms with Crippen LogP contribution in [0.2, 0.25) is 0 Å². The van der Waals surface area contributed by atoms with Crippen molar-refractivity contribution in [1.29, 1.82) is 0 Å². The van der Waals surface area contributed by atoms with Gasteiger partial charge in [-0.2, -0.15) is 8.42 Å². The number of carbonyl (C=O) groups is 3. The highest BCUT2D eigenvalue weighted by Gasteiger charge is 2.54. The fourth-order valence-corrected chi connectivity index (χ4v) is 8.18. The molecular formula is C17H16N4O7S5. The molecule has 2 aliphatic rings. The number of thiophene rings is 1. The Morgan fingerprint density at radius 1 is 1.33 bits per heavy atom. The lowest BCUT2D eigenvalue weighted by molar-refractivity contribution is -0.150. The molecule has 1 unspecified atom stereocenters. The molecule has 1 saturated heterocycles. The molecule has 0 saturated carbocycles. The summed E-state index contributed by atoms with van der Waals surface area (Å²) in [5, 5.41) is 21.5. The summed E-state index contributed by atoms with van der Waals surface area (Å²) in [5.74, 6) is -2.10. The van der Waals surface area contributed by atoms with Gasteiger partial charge in [-0.15, -0.1) is 33.3 Å². The Bertz CT molecular complexity index is 1220. The Morgan fingerprint density at radius 2 is 2.12 bits per heavy atom. The maximum Gasteiger partial charge on any atom is 0.352 e. The van der Waals surface area contributed by atoms with Gasteiger partial charge in [0.15, 0.2) is 4.34 Å². The molecule has 0 radical (unpaired) electrons. The number of amides is 2. The van der Waals surface area contributed by atoms with Gasteiger partial charge in [0.25, 0.3) is 16.0 Å². The van der Waals surface area contributed by atoms with Gasteiger partial charge in [-0.05, 0) is 17.0 Å². The number of aromatic nitrogens is 2. The van der Waals surface area contributed by atoms with E-state index in [-0.39, 0.29) is 28.8 Å². The van der Waals surface area contributed by atoms with Gasteiger partial charge in [0.1, 0.15) is 27.9 Å². The fraction of sp³-hybridized carbons (Fsp3) is 0.353. The number of β-lactam (4-membered cyclic amide) rings is 1. The molecule has 2 aromatic heterocycles. The maximum absolute atomic E-state index is 12.7. The van der Waals surface area contributed by atoms with Crippen molar-refractivity contribution in [3.8, 4) is 0 Å². The zero-order valence-corrected chi connectivity index (χ0v) is 20.6. The summed E-state index contributed by atoms with van der Waals surface area (Å²) in [6.07, 6.45) is 0.157. The Labute approximate surface area is 204 Å². The molecule has 11 nitrogen and oxygen atoms in total.